The first kappa shape index (κ1) is 14.1. The number of fused-ring (bicyclic) bond motifs is 1. The van der Waals surface area contributed by atoms with Crippen molar-refractivity contribution in [2.24, 2.45) is 7.05 Å². The summed E-state index contributed by atoms with van der Waals surface area (Å²) in [5.74, 6) is 0. The van der Waals surface area contributed by atoms with E-state index in [-0.39, 0.29) is 5.41 Å². The second kappa shape index (κ2) is 4.85. The van der Waals surface area contributed by atoms with Gasteiger partial charge in [0.1, 0.15) is 5.39 Å². The zero-order valence-corrected chi connectivity index (χ0v) is 14.1. The molecule has 0 aromatic carbocycles. The van der Waals surface area contributed by atoms with Crippen LogP contribution in [0, 0.1) is 0 Å². The van der Waals surface area contributed by atoms with Gasteiger partial charge in [0.15, 0.2) is 0 Å². The van der Waals surface area contributed by atoms with Gasteiger partial charge in [0, 0.05) is 18.0 Å². The van der Waals surface area contributed by atoms with Crippen LogP contribution >= 0.6 is 22.9 Å². The number of halogens is 1. The van der Waals surface area contributed by atoms with E-state index in [0.717, 1.165) is 28.5 Å². The van der Waals surface area contributed by atoms with Crippen LogP contribution in [0.3, 0.4) is 0 Å². The summed E-state index contributed by atoms with van der Waals surface area (Å²) in [5.41, 5.74) is 1.44. The molecule has 0 atom stereocenters. The lowest BCUT2D eigenvalue weighted by atomic mass is 9.92. The SMILES string of the molecule is C[n+]1cnc2sc(C(C)(C)C)c(N3CCCC3)c2c1Cl. The topological polar surface area (TPSA) is 20.0 Å². The van der Waals surface area contributed by atoms with Crippen molar-refractivity contribution in [1.29, 1.82) is 0 Å². The highest BCUT2D eigenvalue weighted by Gasteiger charge is 2.32. The molecule has 3 rings (SSSR count). The first-order chi connectivity index (χ1) is 9.39. The average Bonchev–Trinajstić information content (AvgIpc) is 2.99. The van der Waals surface area contributed by atoms with E-state index in [1.54, 1.807) is 17.7 Å². The second-order valence-corrected chi connectivity index (χ2v) is 7.91. The minimum Gasteiger partial charge on any atom is -0.370 e. The maximum Gasteiger partial charge on any atom is 0.288 e. The summed E-state index contributed by atoms with van der Waals surface area (Å²) < 4.78 is 1.91. The molecule has 1 saturated heterocycles. The van der Waals surface area contributed by atoms with Gasteiger partial charge in [0.25, 0.3) is 6.33 Å². The Morgan fingerprint density at radius 1 is 1.30 bits per heavy atom. The normalized spacial score (nSPS) is 16.4. The predicted molar refractivity (Wildman–Crippen MR) is 86.0 cm³/mol. The third kappa shape index (κ3) is 2.19. The van der Waals surface area contributed by atoms with Crippen molar-refractivity contribution in [1.82, 2.24) is 4.98 Å². The molecule has 3 nitrogen and oxygen atoms in total. The number of anilines is 1. The van der Waals surface area contributed by atoms with Crippen LogP contribution < -0.4 is 9.47 Å². The predicted octanol–water partition coefficient (Wildman–Crippen LogP) is 3.67. The van der Waals surface area contributed by atoms with Gasteiger partial charge in [-0.3, -0.25) is 0 Å². The average molecular weight is 311 g/mol. The van der Waals surface area contributed by atoms with Gasteiger partial charge in [-0.05, 0) is 34.8 Å². The number of aromatic nitrogens is 2. The van der Waals surface area contributed by atoms with Crippen LogP contribution in [0.5, 0.6) is 0 Å². The molecule has 1 aliphatic heterocycles. The zero-order chi connectivity index (χ0) is 14.5. The summed E-state index contributed by atoms with van der Waals surface area (Å²) in [7, 11) is 1.96. The van der Waals surface area contributed by atoms with Crippen molar-refractivity contribution in [3.05, 3.63) is 16.4 Å². The lowest BCUT2D eigenvalue weighted by Gasteiger charge is -2.25. The number of hydrogen-bond acceptors (Lipinski definition) is 3. The molecule has 0 amide bonds. The van der Waals surface area contributed by atoms with E-state index in [1.165, 1.54) is 23.4 Å². The van der Waals surface area contributed by atoms with Gasteiger partial charge >= 0.3 is 0 Å². The number of thiophene rings is 1. The molecule has 0 spiro atoms. The van der Waals surface area contributed by atoms with Crippen LogP contribution in [0.4, 0.5) is 5.69 Å². The molecule has 3 heterocycles. The van der Waals surface area contributed by atoms with Gasteiger partial charge in [0.05, 0.1) is 12.7 Å². The fraction of sp³-hybridized carbons (Fsp3) is 0.600. The Kier molecular flexibility index (Phi) is 3.41. The third-order valence-corrected chi connectivity index (χ3v) is 5.80. The van der Waals surface area contributed by atoms with Gasteiger partial charge < -0.3 is 4.90 Å². The Morgan fingerprint density at radius 3 is 2.55 bits per heavy atom. The summed E-state index contributed by atoms with van der Waals surface area (Å²) in [4.78, 5) is 9.52. The summed E-state index contributed by atoms with van der Waals surface area (Å²) in [6, 6.07) is 0. The maximum atomic E-state index is 6.58. The molecule has 0 unspecified atom stereocenters. The molecule has 5 heteroatoms. The van der Waals surface area contributed by atoms with Crippen molar-refractivity contribution in [3.8, 4) is 0 Å². The van der Waals surface area contributed by atoms with Crippen LogP contribution in [0.2, 0.25) is 5.15 Å². The number of aryl methyl sites for hydroxylation is 1. The summed E-state index contributed by atoms with van der Waals surface area (Å²) in [6.07, 6.45) is 4.34. The Bertz CT molecular complexity index is 651. The molecular formula is C15H21ClN3S+. The van der Waals surface area contributed by atoms with Crippen LogP contribution in [0.15, 0.2) is 6.33 Å². The largest absolute Gasteiger partial charge is 0.370 e. The van der Waals surface area contributed by atoms with Crippen LogP contribution in [0.1, 0.15) is 38.5 Å². The van der Waals surface area contributed by atoms with E-state index in [1.807, 2.05) is 11.6 Å². The Morgan fingerprint density at radius 2 is 1.95 bits per heavy atom. The number of hydrogen-bond donors (Lipinski definition) is 0. The van der Waals surface area contributed by atoms with E-state index in [0.29, 0.717) is 0 Å². The van der Waals surface area contributed by atoms with E-state index < -0.39 is 0 Å². The first-order valence-corrected chi connectivity index (χ1v) is 8.31. The van der Waals surface area contributed by atoms with E-state index >= 15 is 0 Å². The highest BCUT2D eigenvalue weighted by Crippen LogP contribution is 2.46. The minimum atomic E-state index is 0.116. The Balaban J connectivity index is 2.33. The van der Waals surface area contributed by atoms with Crippen molar-refractivity contribution in [2.45, 2.75) is 39.0 Å². The van der Waals surface area contributed by atoms with Gasteiger partial charge in [-0.25, -0.2) is 4.57 Å². The molecule has 0 N–H and O–H groups in total. The smallest absolute Gasteiger partial charge is 0.288 e. The monoisotopic (exact) mass is 310 g/mol. The van der Waals surface area contributed by atoms with E-state index in [2.05, 4.69) is 30.7 Å². The van der Waals surface area contributed by atoms with Crippen molar-refractivity contribution >= 4 is 38.8 Å². The fourth-order valence-corrected chi connectivity index (χ4v) is 4.31. The van der Waals surface area contributed by atoms with Gasteiger partial charge in [-0.15, -0.1) is 0 Å². The molecule has 0 radical (unpaired) electrons. The van der Waals surface area contributed by atoms with Crippen molar-refractivity contribution < 1.29 is 4.57 Å². The van der Waals surface area contributed by atoms with Crippen LogP contribution in [-0.2, 0) is 12.5 Å². The van der Waals surface area contributed by atoms with Gasteiger partial charge in [0.2, 0.25) is 9.98 Å². The summed E-state index contributed by atoms with van der Waals surface area (Å²) in [6.45, 7) is 9.06. The van der Waals surface area contributed by atoms with Crippen LogP contribution in [0.25, 0.3) is 10.2 Å². The van der Waals surface area contributed by atoms with Gasteiger partial charge in [-0.2, -0.15) is 0 Å². The van der Waals surface area contributed by atoms with E-state index in [9.17, 15) is 0 Å². The standard InChI is InChI=1S/C15H21ClN3S/c1-15(2,3)12-11(19-7-5-6-8-19)10-13(16)18(4)9-17-14(10)20-12/h9H,5-8H2,1-4H3/q+1. The summed E-state index contributed by atoms with van der Waals surface area (Å²) in [5, 5.41) is 1.93. The van der Waals surface area contributed by atoms with Crippen molar-refractivity contribution in [2.75, 3.05) is 18.0 Å². The molecular weight excluding hydrogens is 290 g/mol. The Labute approximate surface area is 129 Å². The minimum absolute atomic E-state index is 0.116. The molecule has 0 saturated carbocycles. The molecule has 0 bridgehead atoms. The van der Waals surface area contributed by atoms with E-state index in [4.69, 9.17) is 11.6 Å². The first-order valence-electron chi connectivity index (χ1n) is 7.11. The van der Waals surface area contributed by atoms with Gasteiger partial charge in [-0.1, -0.05) is 32.1 Å². The molecule has 0 aliphatic carbocycles. The quantitative estimate of drug-likeness (QED) is 0.591. The maximum absolute atomic E-state index is 6.58. The highest BCUT2D eigenvalue weighted by atomic mass is 35.5. The lowest BCUT2D eigenvalue weighted by Crippen LogP contribution is -2.30. The molecule has 2 aromatic heterocycles. The number of nitrogens with zero attached hydrogens (tertiary/aromatic N) is 3. The van der Waals surface area contributed by atoms with Crippen LogP contribution in [-0.4, -0.2) is 18.1 Å². The molecule has 20 heavy (non-hydrogen) atoms. The highest BCUT2D eigenvalue weighted by molar-refractivity contribution is 7.19. The molecule has 1 aliphatic rings. The Hall–Kier alpha value is -0.870. The molecule has 1 fully saturated rings. The zero-order valence-electron chi connectivity index (χ0n) is 12.5. The number of rotatable bonds is 1. The molecule has 2 aromatic rings. The molecule has 108 valence electrons. The van der Waals surface area contributed by atoms with Crippen molar-refractivity contribution in [3.63, 3.8) is 0 Å². The third-order valence-electron chi connectivity index (χ3n) is 3.83. The fourth-order valence-electron chi connectivity index (χ4n) is 2.80. The second-order valence-electron chi connectivity index (χ2n) is 6.55. The summed E-state index contributed by atoms with van der Waals surface area (Å²) >= 11 is 8.37. The lowest BCUT2D eigenvalue weighted by molar-refractivity contribution is -0.670.